The van der Waals surface area contributed by atoms with Gasteiger partial charge in [-0.25, -0.2) is 0 Å². The highest BCUT2D eigenvalue weighted by atomic mass is 16.5. The minimum atomic E-state index is 0.0647. The SMILES string of the molecule is CC(=O)N(Cc1noc(C(C)C)n1)[C@H]1CCN(C[C@@H]2CCCO2)C1. The van der Waals surface area contributed by atoms with E-state index in [9.17, 15) is 4.79 Å². The van der Waals surface area contributed by atoms with Crippen molar-refractivity contribution in [2.45, 2.75) is 64.6 Å². The van der Waals surface area contributed by atoms with Crippen molar-refractivity contribution in [3.63, 3.8) is 0 Å². The molecular formula is C17H28N4O3. The lowest BCUT2D eigenvalue weighted by molar-refractivity contribution is -0.131. The number of likely N-dealkylation sites (tertiary alicyclic amines) is 1. The van der Waals surface area contributed by atoms with E-state index in [1.54, 1.807) is 6.92 Å². The number of hydrogen-bond donors (Lipinski definition) is 0. The topological polar surface area (TPSA) is 71.7 Å². The van der Waals surface area contributed by atoms with Gasteiger partial charge in [-0.05, 0) is 19.3 Å². The first-order valence-electron chi connectivity index (χ1n) is 8.96. The fraction of sp³-hybridized carbons (Fsp3) is 0.824. The number of ether oxygens (including phenoxy) is 1. The predicted molar refractivity (Wildman–Crippen MR) is 88.4 cm³/mol. The Morgan fingerprint density at radius 2 is 2.25 bits per heavy atom. The van der Waals surface area contributed by atoms with Crippen LogP contribution in [0.15, 0.2) is 4.52 Å². The van der Waals surface area contributed by atoms with Gasteiger partial charge in [0.15, 0.2) is 5.82 Å². The number of nitrogens with zero attached hydrogens (tertiary/aromatic N) is 4. The molecule has 0 aliphatic carbocycles. The van der Waals surface area contributed by atoms with E-state index in [1.807, 2.05) is 18.7 Å². The van der Waals surface area contributed by atoms with Crippen LogP contribution in [0, 0.1) is 0 Å². The molecule has 0 unspecified atom stereocenters. The normalized spacial score (nSPS) is 24.8. The zero-order chi connectivity index (χ0) is 17.1. The van der Waals surface area contributed by atoms with E-state index in [0.717, 1.165) is 45.5 Å². The maximum atomic E-state index is 12.1. The molecule has 0 aromatic carbocycles. The summed E-state index contributed by atoms with van der Waals surface area (Å²) in [6.45, 7) is 9.84. The third-order valence-corrected chi connectivity index (χ3v) is 4.87. The molecule has 134 valence electrons. The summed E-state index contributed by atoms with van der Waals surface area (Å²) in [5.41, 5.74) is 0. The van der Waals surface area contributed by atoms with Crippen LogP contribution in [0.2, 0.25) is 0 Å². The van der Waals surface area contributed by atoms with Gasteiger partial charge in [0.1, 0.15) is 0 Å². The Bertz CT molecular complexity index is 554. The van der Waals surface area contributed by atoms with Crippen molar-refractivity contribution >= 4 is 5.91 Å². The highest BCUT2D eigenvalue weighted by Gasteiger charge is 2.32. The second kappa shape index (κ2) is 7.61. The van der Waals surface area contributed by atoms with Crippen molar-refractivity contribution in [2.75, 3.05) is 26.2 Å². The van der Waals surface area contributed by atoms with Gasteiger partial charge in [0.25, 0.3) is 0 Å². The fourth-order valence-corrected chi connectivity index (χ4v) is 3.52. The lowest BCUT2D eigenvalue weighted by atomic mass is 10.2. The van der Waals surface area contributed by atoms with Crippen LogP contribution < -0.4 is 0 Å². The van der Waals surface area contributed by atoms with Crippen LogP contribution in [0.1, 0.15) is 57.7 Å². The summed E-state index contributed by atoms with van der Waals surface area (Å²) in [5, 5.41) is 4.02. The minimum absolute atomic E-state index is 0.0647. The van der Waals surface area contributed by atoms with Crippen LogP contribution in [0.4, 0.5) is 0 Å². The number of carbonyl (C=O) groups excluding carboxylic acids is 1. The lowest BCUT2D eigenvalue weighted by Gasteiger charge is -2.27. The van der Waals surface area contributed by atoms with Crippen molar-refractivity contribution in [2.24, 2.45) is 0 Å². The standard InChI is InChI=1S/C17H28N4O3/c1-12(2)17-18-16(19-24-17)11-21(13(3)22)14-6-7-20(9-14)10-15-5-4-8-23-15/h12,14-15H,4-11H2,1-3H3/t14-,15-/m0/s1. The van der Waals surface area contributed by atoms with Crippen molar-refractivity contribution in [1.29, 1.82) is 0 Å². The highest BCUT2D eigenvalue weighted by Crippen LogP contribution is 2.21. The summed E-state index contributed by atoms with van der Waals surface area (Å²) in [6, 6.07) is 0.213. The molecule has 3 heterocycles. The van der Waals surface area contributed by atoms with Gasteiger partial charge in [-0.3, -0.25) is 9.69 Å². The zero-order valence-electron chi connectivity index (χ0n) is 14.9. The Balaban J connectivity index is 1.58. The quantitative estimate of drug-likeness (QED) is 0.789. The third-order valence-electron chi connectivity index (χ3n) is 4.87. The van der Waals surface area contributed by atoms with Gasteiger partial charge in [0.05, 0.1) is 12.6 Å². The molecule has 2 fully saturated rings. The smallest absolute Gasteiger partial charge is 0.229 e. The molecule has 0 radical (unpaired) electrons. The van der Waals surface area contributed by atoms with Gasteiger partial charge < -0.3 is 14.2 Å². The van der Waals surface area contributed by atoms with E-state index in [2.05, 4.69) is 15.0 Å². The van der Waals surface area contributed by atoms with Crippen LogP contribution in [-0.4, -0.2) is 64.2 Å². The van der Waals surface area contributed by atoms with E-state index >= 15 is 0 Å². The molecule has 1 aromatic rings. The van der Waals surface area contributed by atoms with Crippen LogP contribution in [0.25, 0.3) is 0 Å². The summed E-state index contributed by atoms with van der Waals surface area (Å²) < 4.78 is 11.0. The molecule has 1 amide bonds. The Morgan fingerprint density at radius 1 is 1.42 bits per heavy atom. The Labute approximate surface area is 143 Å². The van der Waals surface area contributed by atoms with E-state index in [4.69, 9.17) is 9.26 Å². The maximum Gasteiger partial charge on any atom is 0.229 e. The number of hydrogen-bond acceptors (Lipinski definition) is 6. The summed E-state index contributed by atoms with van der Waals surface area (Å²) in [7, 11) is 0. The number of aromatic nitrogens is 2. The molecule has 0 bridgehead atoms. The van der Waals surface area contributed by atoms with Crippen LogP contribution in [-0.2, 0) is 16.1 Å². The highest BCUT2D eigenvalue weighted by molar-refractivity contribution is 5.73. The summed E-state index contributed by atoms with van der Waals surface area (Å²) in [5.74, 6) is 1.48. The van der Waals surface area contributed by atoms with Gasteiger partial charge in [0.2, 0.25) is 11.8 Å². The average molecular weight is 336 g/mol. The van der Waals surface area contributed by atoms with Crippen molar-refractivity contribution in [3.05, 3.63) is 11.7 Å². The average Bonchev–Trinajstić information content (AvgIpc) is 3.26. The Kier molecular flexibility index (Phi) is 5.50. The Hall–Kier alpha value is -1.47. The van der Waals surface area contributed by atoms with Gasteiger partial charge in [0, 0.05) is 45.1 Å². The molecule has 24 heavy (non-hydrogen) atoms. The van der Waals surface area contributed by atoms with E-state index in [1.165, 1.54) is 0 Å². The minimum Gasteiger partial charge on any atom is -0.377 e. The third kappa shape index (κ3) is 4.13. The number of amides is 1. The monoisotopic (exact) mass is 336 g/mol. The molecule has 0 N–H and O–H groups in total. The van der Waals surface area contributed by atoms with Crippen molar-refractivity contribution in [3.8, 4) is 0 Å². The first-order valence-corrected chi connectivity index (χ1v) is 8.96. The fourth-order valence-electron chi connectivity index (χ4n) is 3.52. The Morgan fingerprint density at radius 3 is 2.88 bits per heavy atom. The van der Waals surface area contributed by atoms with Gasteiger partial charge >= 0.3 is 0 Å². The second-order valence-electron chi connectivity index (χ2n) is 7.19. The molecular weight excluding hydrogens is 308 g/mol. The van der Waals surface area contributed by atoms with E-state index < -0.39 is 0 Å². The largest absolute Gasteiger partial charge is 0.377 e. The van der Waals surface area contributed by atoms with Crippen LogP contribution in [0.3, 0.4) is 0 Å². The molecule has 7 heteroatoms. The lowest BCUT2D eigenvalue weighted by Crippen LogP contribution is -2.41. The molecule has 3 rings (SSSR count). The van der Waals surface area contributed by atoms with Crippen molar-refractivity contribution in [1.82, 2.24) is 19.9 Å². The molecule has 2 aliphatic heterocycles. The molecule has 7 nitrogen and oxygen atoms in total. The molecule has 1 aromatic heterocycles. The molecule has 2 aliphatic rings. The number of rotatable bonds is 6. The first-order chi connectivity index (χ1) is 11.5. The first kappa shape index (κ1) is 17.4. The summed E-state index contributed by atoms with van der Waals surface area (Å²) in [6.07, 6.45) is 3.66. The molecule has 2 atom stereocenters. The van der Waals surface area contributed by atoms with Gasteiger partial charge in [-0.15, -0.1) is 0 Å². The summed E-state index contributed by atoms with van der Waals surface area (Å²) >= 11 is 0. The molecule has 0 saturated carbocycles. The van der Waals surface area contributed by atoms with E-state index in [0.29, 0.717) is 24.4 Å². The van der Waals surface area contributed by atoms with Gasteiger partial charge in [-0.2, -0.15) is 4.98 Å². The number of carbonyl (C=O) groups is 1. The predicted octanol–water partition coefficient (Wildman–Crippen LogP) is 1.79. The van der Waals surface area contributed by atoms with Crippen molar-refractivity contribution < 1.29 is 14.1 Å². The second-order valence-corrected chi connectivity index (χ2v) is 7.19. The maximum absolute atomic E-state index is 12.1. The summed E-state index contributed by atoms with van der Waals surface area (Å²) in [4.78, 5) is 20.8. The van der Waals surface area contributed by atoms with Crippen LogP contribution in [0.5, 0.6) is 0 Å². The molecule has 0 spiro atoms. The van der Waals surface area contributed by atoms with E-state index in [-0.39, 0.29) is 17.9 Å². The van der Waals surface area contributed by atoms with Crippen LogP contribution >= 0.6 is 0 Å². The zero-order valence-corrected chi connectivity index (χ0v) is 14.9. The molecule has 2 saturated heterocycles. The van der Waals surface area contributed by atoms with Gasteiger partial charge in [-0.1, -0.05) is 19.0 Å².